The van der Waals surface area contributed by atoms with Crippen LogP contribution >= 0.6 is 0 Å². The Hall–Kier alpha value is -0.120. The normalized spacial score (nSPS) is 24.6. The van der Waals surface area contributed by atoms with Crippen LogP contribution in [0.3, 0.4) is 0 Å². The van der Waals surface area contributed by atoms with Gasteiger partial charge in [0.2, 0.25) is 0 Å². The van der Waals surface area contributed by atoms with Gasteiger partial charge >= 0.3 is 0 Å². The van der Waals surface area contributed by atoms with Gasteiger partial charge in [0.1, 0.15) is 0 Å². The third-order valence-electron chi connectivity index (χ3n) is 5.38. The van der Waals surface area contributed by atoms with Crippen LogP contribution in [0.15, 0.2) is 0 Å². The summed E-state index contributed by atoms with van der Waals surface area (Å²) in [6.07, 6.45) is 9.76. The number of nitrogens with zero attached hydrogens (tertiary/aromatic N) is 2. The molecule has 0 aromatic carbocycles. The first kappa shape index (κ1) is 17.2. The fourth-order valence-electron chi connectivity index (χ4n) is 3.95. The van der Waals surface area contributed by atoms with Crippen molar-refractivity contribution in [2.24, 2.45) is 0 Å². The fourth-order valence-corrected chi connectivity index (χ4v) is 3.95. The molecule has 21 heavy (non-hydrogen) atoms. The molecule has 2 aliphatic rings. The molecule has 0 aromatic rings. The molecule has 2 rings (SSSR count). The molecule has 1 unspecified atom stereocenters. The third kappa shape index (κ3) is 5.88. The Bertz CT molecular complexity index is 266. The Morgan fingerprint density at radius 1 is 0.952 bits per heavy atom. The largest absolute Gasteiger partial charge is 0.315 e. The van der Waals surface area contributed by atoms with Crippen molar-refractivity contribution >= 4 is 0 Å². The van der Waals surface area contributed by atoms with Crippen LogP contribution in [0.25, 0.3) is 0 Å². The molecule has 2 heterocycles. The van der Waals surface area contributed by atoms with E-state index in [1.54, 1.807) is 0 Å². The molecule has 0 saturated carbocycles. The van der Waals surface area contributed by atoms with Crippen LogP contribution < -0.4 is 5.32 Å². The van der Waals surface area contributed by atoms with Crippen molar-refractivity contribution in [3.05, 3.63) is 0 Å². The minimum Gasteiger partial charge on any atom is -0.315 e. The van der Waals surface area contributed by atoms with Gasteiger partial charge in [0.15, 0.2) is 0 Å². The molecule has 1 atom stereocenters. The van der Waals surface area contributed by atoms with E-state index in [0.717, 1.165) is 12.1 Å². The van der Waals surface area contributed by atoms with Crippen molar-refractivity contribution < 1.29 is 0 Å². The molecule has 0 aromatic heterocycles. The van der Waals surface area contributed by atoms with Gasteiger partial charge in [-0.05, 0) is 78.2 Å². The zero-order chi connectivity index (χ0) is 15.1. The lowest BCUT2D eigenvalue weighted by Crippen LogP contribution is -2.48. The van der Waals surface area contributed by atoms with Crippen LogP contribution in [0.4, 0.5) is 0 Å². The first-order chi connectivity index (χ1) is 10.2. The van der Waals surface area contributed by atoms with Crippen LogP contribution in [0.2, 0.25) is 0 Å². The van der Waals surface area contributed by atoms with Gasteiger partial charge in [0, 0.05) is 18.1 Å². The van der Waals surface area contributed by atoms with Gasteiger partial charge in [-0.2, -0.15) is 0 Å². The zero-order valence-corrected chi connectivity index (χ0v) is 14.6. The van der Waals surface area contributed by atoms with Crippen LogP contribution in [-0.4, -0.2) is 60.6 Å². The molecular formula is C18H37N3. The average molecular weight is 296 g/mol. The number of likely N-dealkylation sites (tertiary alicyclic amines) is 2. The first-order valence-corrected chi connectivity index (χ1v) is 9.38. The van der Waals surface area contributed by atoms with E-state index < -0.39 is 0 Å². The van der Waals surface area contributed by atoms with Crippen molar-refractivity contribution in [2.75, 3.05) is 32.7 Å². The third-order valence-corrected chi connectivity index (χ3v) is 5.38. The molecule has 124 valence electrons. The summed E-state index contributed by atoms with van der Waals surface area (Å²) < 4.78 is 0. The summed E-state index contributed by atoms with van der Waals surface area (Å²) in [6, 6.07) is 2.28. The Morgan fingerprint density at radius 3 is 2.24 bits per heavy atom. The lowest BCUT2D eigenvalue weighted by molar-refractivity contribution is 0.0735. The smallest absolute Gasteiger partial charge is 0.0120 e. The van der Waals surface area contributed by atoms with Crippen LogP contribution in [0.5, 0.6) is 0 Å². The highest BCUT2D eigenvalue weighted by atomic mass is 15.2. The predicted octanol–water partition coefficient (Wildman–Crippen LogP) is 3.10. The molecule has 1 N–H and O–H groups in total. The van der Waals surface area contributed by atoms with E-state index in [1.165, 1.54) is 77.7 Å². The van der Waals surface area contributed by atoms with E-state index in [0.29, 0.717) is 6.04 Å². The number of hydrogen-bond donors (Lipinski definition) is 1. The lowest BCUT2D eigenvalue weighted by Gasteiger charge is -2.42. The highest BCUT2D eigenvalue weighted by Crippen LogP contribution is 2.22. The first-order valence-electron chi connectivity index (χ1n) is 9.38. The molecule has 2 aliphatic heterocycles. The molecule has 2 saturated heterocycles. The summed E-state index contributed by atoms with van der Waals surface area (Å²) in [7, 11) is 0. The van der Waals surface area contributed by atoms with Crippen molar-refractivity contribution in [1.29, 1.82) is 0 Å². The quantitative estimate of drug-likeness (QED) is 0.728. The molecule has 0 aliphatic carbocycles. The number of nitrogens with one attached hydrogen (secondary N) is 1. The van der Waals surface area contributed by atoms with E-state index in [9.17, 15) is 0 Å². The van der Waals surface area contributed by atoms with Gasteiger partial charge in [0.25, 0.3) is 0 Å². The SMILES string of the molecule is CC(C)NCCCC(C)N1CCC(N2CCCCC2)CC1. The Labute approximate surface area is 132 Å². The van der Waals surface area contributed by atoms with E-state index in [2.05, 4.69) is 35.9 Å². The zero-order valence-electron chi connectivity index (χ0n) is 14.6. The average Bonchev–Trinajstić information content (AvgIpc) is 2.52. The second-order valence-electron chi connectivity index (χ2n) is 7.46. The van der Waals surface area contributed by atoms with E-state index in [1.807, 2.05) is 0 Å². The highest BCUT2D eigenvalue weighted by molar-refractivity contribution is 4.83. The second-order valence-corrected chi connectivity index (χ2v) is 7.46. The maximum absolute atomic E-state index is 3.53. The van der Waals surface area contributed by atoms with Crippen LogP contribution in [0, 0.1) is 0 Å². The Morgan fingerprint density at radius 2 is 1.62 bits per heavy atom. The van der Waals surface area contributed by atoms with Crippen molar-refractivity contribution in [3.8, 4) is 0 Å². The minimum atomic E-state index is 0.626. The monoisotopic (exact) mass is 295 g/mol. The number of hydrogen-bond acceptors (Lipinski definition) is 3. The fraction of sp³-hybridized carbons (Fsp3) is 1.00. The highest BCUT2D eigenvalue weighted by Gasteiger charge is 2.27. The van der Waals surface area contributed by atoms with Gasteiger partial charge in [-0.3, -0.25) is 0 Å². The standard InChI is InChI=1S/C18H37N3/c1-16(2)19-11-7-8-17(3)20-14-9-18(10-15-20)21-12-5-4-6-13-21/h16-19H,4-15H2,1-3H3. The molecule has 0 spiro atoms. The minimum absolute atomic E-state index is 0.626. The molecular weight excluding hydrogens is 258 g/mol. The summed E-state index contributed by atoms with van der Waals surface area (Å²) in [5, 5.41) is 3.53. The topological polar surface area (TPSA) is 18.5 Å². The molecule has 2 fully saturated rings. The summed E-state index contributed by atoms with van der Waals surface area (Å²) in [4.78, 5) is 5.51. The predicted molar refractivity (Wildman–Crippen MR) is 91.9 cm³/mol. The summed E-state index contributed by atoms with van der Waals surface area (Å²) in [5.74, 6) is 0. The van der Waals surface area contributed by atoms with E-state index in [-0.39, 0.29) is 0 Å². The summed E-state index contributed by atoms with van der Waals surface area (Å²) in [6.45, 7) is 13.4. The van der Waals surface area contributed by atoms with Gasteiger partial charge < -0.3 is 15.1 Å². The van der Waals surface area contributed by atoms with E-state index >= 15 is 0 Å². The van der Waals surface area contributed by atoms with Gasteiger partial charge in [-0.25, -0.2) is 0 Å². The molecule has 0 radical (unpaired) electrons. The van der Waals surface area contributed by atoms with Crippen LogP contribution in [0.1, 0.15) is 65.7 Å². The summed E-state index contributed by atoms with van der Waals surface area (Å²) in [5.41, 5.74) is 0. The summed E-state index contributed by atoms with van der Waals surface area (Å²) >= 11 is 0. The number of rotatable bonds is 7. The Balaban J connectivity index is 1.61. The lowest BCUT2D eigenvalue weighted by atomic mass is 9.98. The van der Waals surface area contributed by atoms with Crippen LogP contribution in [-0.2, 0) is 0 Å². The van der Waals surface area contributed by atoms with Gasteiger partial charge in [-0.1, -0.05) is 20.3 Å². The van der Waals surface area contributed by atoms with E-state index in [4.69, 9.17) is 0 Å². The number of piperidine rings is 2. The van der Waals surface area contributed by atoms with Crippen molar-refractivity contribution in [2.45, 2.75) is 83.8 Å². The second kappa shape index (κ2) is 9.12. The maximum atomic E-state index is 3.53. The van der Waals surface area contributed by atoms with Crippen molar-refractivity contribution in [1.82, 2.24) is 15.1 Å². The molecule has 3 nitrogen and oxygen atoms in total. The van der Waals surface area contributed by atoms with Crippen molar-refractivity contribution in [3.63, 3.8) is 0 Å². The molecule has 0 bridgehead atoms. The molecule has 0 amide bonds. The maximum Gasteiger partial charge on any atom is 0.0120 e. The van der Waals surface area contributed by atoms with Gasteiger partial charge in [-0.15, -0.1) is 0 Å². The van der Waals surface area contributed by atoms with Gasteiger partial charge in [0.05, 0.1) is 0 Å². The molecule has 3 heteroatoms. The Kier molecular flexibility index (Phi) is 7.48.